The Morgan fingerprint density at radius 1 is 0.943 bits per heavy atom. The van der Waals surface area contributed by atoms with Gasteiger partial charge in [0.1, 0.15) is 16.4 Å². The van der Waals surface area contributed by atoms with E-state index >= 15 is 0 Å². The second-order valence-corrected chi connectivity index (χ2v) is 10.4. The van der Waals surface area contributed by atoms with Crippen molar-refractivity contribution >= 4 is 15.9 Å². The maximum atomic E-state index is 13.5. The lowest BCUT2D eigenvalue weighted by atomic mass is 9.95. The quantitative estimate of drug-likeness (QED) is 0.512. The highest BCUT2D eigenvalue weighted by atomic mass is 32.2. The van der Waals surface area contributed by atoms with Gasteiger partial charge in [-0.1, -0.05) is 60.7 Å². The van der Waals surface area contributed by atoms with E-state index in [0.717, 1.165) is 11.1 Å². The van der Waals surface area contributed by atoms with Crippen LogP contribution in [-0.2, 0) is 14.8 Å². The lowest BCUT2D eigenvalue weighted by Gasteiger charge is -2.32. The zero-order chi connectivity index (χ0) is 24.8. The highest BCUT2D eigenvalue weighted by molar-refractivity contribution is 7.89. The number of benzene rings is 3. The number of ether oxygens (including phenoxy) is 2. The summed E-state index contributed by atoms with van der Waals surface area (Å²) in [5.74, 6) is 0.0279. The fourth-order valence-electron chi connectivity index (χ4n) is 4.41. The molecule has 1 amide bonds. The molecule has 4 rings (SSSR count). The molecule has 3 aromatic rings. The molecule has 8 heteroatoms. The van der Waals surface area contributed by atoms with Crippen LogP contribution in [0.1, 0.15) is 30.0 Å². The Morgan fingerprint density at radius 3 is 2.14 bits per heavy atom. The molecule has 1 N–H and O–H groups in total. The smallest absolute Gasteiger partial charge is 0.246 e. The van der Waals surface area contributed by atoms with Gasteiger partial charge in [0.2, 0.25) is 15.9 Å². The van der Waals surface area contributed by atoms with Crippen LogP contribution in [0, 0.1) is 5.92 Å². The summed E-state index contributed by atoms with van der Waals surface area (Å²) in [6.07, 6.45) is 1.20. The number of hydrogen-bond acceptors (Lipinski definition) is 5. The van der Waals surface area contributed by atoms with Crippen LogP contribution < -0.4 is 14.8 Å². The van der Waals surface area contributed by atoms with Crippen molar-refractivity contribution in [1.29, 1.82) is 0 Å². The van der Waals surface area contributed by atoms with Gasteiger partial charge in [-0.05, 0) is 36.1 Å². The number of amides is 1. The molecule has 0 saturated carbocycles. The van der Waals surface area contributed by atoms with E-state index in [1.807, 2.05) is 60.7 Å². The molecule has 1 fully saturated rings. The van der Waals surface area contributed by atoms with Crippen LogP contribution in [0.4, 0.5) is 0 Å². The Kier molecular flexibility index (Phi) is 7.73. The Bertz CT molecular complexity index is 1210. The zero-order valence-electron chi connectivity index (χ0n) is 19.9. The van der Waals surface area contributed by atoms with E-state index in [0.29, 0.717) is 25.1 Å². The van der Waals surface area contributed by atoms with Gasteiger partial charge < -0.3 is 14.8 Å². The number of rotatable bonds is 8. The van der Waals surface area contributed by atoms with E-state index in [4.69, 9.17) is 9.47 Å². The largest absolute Gasteiger partial charge is 0.497 e. The van der Waals surface area contributed by atoms with Gasteiger partial charge in [0.25, 0.3) is 0 Å². The molecule has 0 radical (unpaired) electrons. The van der Waals surface area contributed by atoms with E-state index < -0.39 is 15.9 Å². The molecule has 7 nitrogen and oxygen atoms in total. The zero-order valence-corrected chi connectivity index (χ0v) is 20.7. The average Bonchev–Trinajstić information content (AvgIpc) is 2.92. The minimum absolute atomic E-state index is 0.0341. The van der Waals surface area contributed by atoms with Crippen molar-refractivity contribution < 1.29 is 22.7 Å². The average molecular weight is 495 g/mol. The lowest BCUT2D eigenvalue weighted by Crippen LogP contribution is -2.46. The number of carbonyl (C=O) groups excluding carboxylic acids is 1. The maximum absolute atomic E-state index is 13.5. The Hall–Kier alpha value is -3.36. The summed E-state index contributed by atoms with van der Waals surface area (Å²) < 4.78 is 39.0. The van der Waals surface area contributed by atoms with Gasteiger partial charge in [0, 0.05) is 19.2 Å². The highest BCUT2D eigenvalue weighted by Gasteiger charge is 2.36. The van der Waals surface area contributed by atoms with Gasteiger partial charge in [-0.25, -0.2) is 8.42 Å². The van der Waals surface area contributed by atoms with Crippen molar-refractivity contribution in [3.8, 4) is 11.5 Å². The van der Waals surface area contributed by atoms with Gasteiger partial charge >= 0.3 is 0 Å². The number of nitrogens with zero attached hydrogens (tertiary/aromatic N) is 1. The molecule has 0 unspecified atom stereocenters. The number of hydrogen-bond donors (Lipinski definition) is 1. The van der Waals surface area contributed by atoms with Crippen molar-refractivity contribution in [1.82, 2.24) is 9.62 Å². The van der Waals surface area contributed by atoms with Crippen molar-refractivity contribution in [2.24, 2.45) is 5.92 Å². The Labute approximate surface area is 206 Å². The molecule has 0 aromatic heterocycles. The van der Waals surface area contributed by atoms with Gasteiger partial charge in [0.05, 0.1) is 26.2 Å². The molecule has 0 aliphatic carbocycles. The number of carbonyl (C=O) groups is 1. The fourth-order valence-corrected chi connectivity index (χ4v) is 6.10. The normalized spacial score (nSPS) is 16.6. The number of methoxy groups -OCH3 is 2. The predicted molar refractivity (Wildman–Crippen MR) is 134 cm³/mol. The molecule has 3 aromatic carbocycles. The summed E-state index contributed by atoms with van der Waals surface area (Å²) in [7, 11) is -0.976. The molecular weight excluding hydrogens is 464 g/mol. The molecule has 184 valence electrons. The first-order valence-electron chi connectivity index (χ1n) is 11.6. The summed E-state index contributed by atoms with van der Waals surface area (Å²) in [6, 6.07) is 23.9. The molecular formula is C27H30N2O5S. The lowest BCUT2D eigenvalue weighted by molar-refractivity contribution is -0.126. The van der Waals surface area contributed by atoms with Crippen molar-refractivity contribution in [3.05, 3.63) is 90.0 Å². The van der Waals surface area contributed by atoms with Crippen molar-refractivity contribution in [2.75, 3.05) is 27.3 Å². The van der Waals surface area contributed by atoms with E-state index in [2.05, 4.69) is 5.32 Å². The van der Waals surface area contributed by atoms with Gasteiger partial charge in [0.15, 0.2) is 0 Å². The summed E-state index contributed by atoms with van der Waals surface area (Å²) in [5, 5.41) is 3.17. The van der Waals surface area contributed by atoms with Crippen molar-refractivity contribution in [3.63, 3.8) is 0 Å². The van der Waals surface area contributed by atoms with Crippen LogP contribution >= 0.6 is 0 Å². The number of sulfonamides is 1. The second kappa shape index (κ2) is 10.9. The summed E-state index contributed by atoms with van der Waals surface area (Å²) in [6.45, 7) is 0.443. The first-order valence-corrected chi connectivity index (χ1v) is 13.0. The second-order valence-electron chi connectivity index (χ2n) is 8.48. The summed E-state index contributed by atoms with van der Waals surface area (Å²) in [5.41, 5.74) is 1.93. The summed E-state index contributed by atoms with van der Waals surface area (Å²) >= 11 is 0. The molecule has 35 heavy (non-hydrogen) atoms. The number of piperidine rings is 1. The van der Waals surface area contributed by atoms with Crippen LogP contribution in [0.5, 0.6) is 11.5 Å². The first kappa shape index (κ1) is 24.8. The molecule has 1 atom stereocenters. The third-order valence-corrected chi connectivity index (χ3v) is 8.18. The Morgan fingerprint density at radius 2 is 1.57 bits per heavy atom. The third kappa shape index (κ3) is 5.49. The van der Waals surface area contributed by atoms with Crippen LogP contribution in [0.15, 0.2) is 83.8 Å². The van der Waals surface area contributed by atoms with Crippen LogP contribution in [-0.4, -0.2) is 45.9 Å². The van der Waals surface area contributed by atoms with E-state index in [1.165, 1.54) is 24.6 Å². The summed E-state index contributed by atoms with van der Waals surface area (Å²) in [4.78, 5) is 13.4. The molecule has 0 spiro atoms. The number of nitrogens with one attached hydrogen (secondary N) is 1. The highest BCUT2D eigenvalue weighted by Crippen LogP contribution is 2.33. The standard InChI is InChI=1S/C27H30N2O5S/c1-33-23-15-16-24(34-2)25(18-23)35(31,32)29-17-9-14-22(19-29)27(30)28-26(20-10-5-3-6-11-20)21-12-7-4-8-13-21/h3-8,10-13,15-16,18,22,26H,9,14,17,19H2,1-2H3,(H,28,30)/t22-/m1/s1. The monoisotopic (exact) mass is 494 g/mol. The van der Waals surface area contributed by atoms with Crippen molar-refractivity contribution in [2.45, 2.75) is 23.8 Å². The molecule has 0 bridgehead atoms. The molecule has 1 aliphatic heterocycles. The predicted octanol–water partition coefficient (Wildman–Crippen LogP) is 4.01. The van der Waals surface area contributed by atoms with E-state index in [9.17, 15) is 13.2 Å². The fraction of sp³-hybridized carbons (Fsp3) is 0.296. The van der Waals surface area contributed by atoms with Crippen LogP contribution in [0.2, 0.25) is 0 Å². The minimum Gasteiger partial charge on any atom is -0.497 e. The molecule has 1 heterocycles. The topological polar surface area (TPSA) is 84.9 Å². The van der Waals surface area contributed by atoms with E-state index in [-0.39, 0.29) is 29.1 Å². The molecule has 1 aliphatic rings. The maximum Gasteiger partial charge on any atom is 0.246 e. The Balaban J connectivity index is 1.56. The van der Waals surface area contributed by atoms with Crippen LogP contribution in [0.3, 0.4) is 0 Å². The van der Waals surface area contributed by atoms with Gasteiger partial charge in [-0.2, -0.15) is 4.31 Å². The first-order chi connectivity index (χ1) is 16.9. The van der Waals surface area contributed by atoms with E-state index in [1.54, 1.807) is 12.1 Å². The molecule has 1 saturated heterocycles. The van der Waals surface area contributed by atoms with Crippen LogP contribution in [0.25, 0.3) is 0 Å². The minimum atomic E-state index is -3.89. The van der Waals surface area contributed by atoms with Gasteiger partial charge in [-0.15, -0.1) is 0 Å². The third-order valence-electron chi connectivity index (χ3n) is 6.30. The SMILES string of the molecule is COc1ccc(OC)c(S(=O)(=O)N2CCC[C@@H](C(=O)NC(c3ccccc3)c3ccccc3)C2)c1. The van der Waals surface area contributed by atoms with Gasteiger partial charge in [-0.3, -0.25) is 4.79 Å².